The average molecular weight is 357 g/mol. The first-order chi connectivity index (χ1) is 13.1. The third-order valence-electron chi connectivity index (χ3n) is 4.25. The van der Waals surface area contributed by atoms with Crippen LogP contribution in [-0.2, 0) is 0 Å². The highest BCUT2D eigenvalue weighted by Gasteiger charge is 2.18. The first-order valence-electron chi connectivity index (χ1n) is 8.32. The van der Waals surface area contributed by atoms with Crippen molar-refractivity contribution in [3.63, 3.8) is 0 Å². The lowest BCUT2D eigenvalue weighted by Crippen LogP contribution is -2.02. The SMILES string of the molecule is O=[N+]([O-])c1cccc(N=C(c2ccccc2)c2c(O)[nH]c3ccccc23)c1. The number of aromatic amines is 1. The number of benzene rings is 3. The molecule has 1 heterocycles. The Kier molecular flexibility index (Phi) is 4.14. The van der Waals surface area contributed by atoms with E-state index in [1.54, 1.807) is 12.1 Å². The van der Waals surface area contributed by atoms with Crippen molar-refractivity contribution in [3.8, 4) is 5.88 Å². The van der Waals surface area contributed by atoms with Crippen molar-refractivity contribution in [3.05, 3.63) is 100 Å². The summed E-state index contributed by atoms with van der Waals surface area (Å²) in [6.45, 7) is 0. The summed E-state index contributed by atoms with van der Waals surface area (Å²) < 4.78 is 0. The minimum absolute atomic E-state index is 0.00392. The van der Waals surface area contributed by atoms with E-state index in [9.17, 15) is 15.2 Å². The van der Waals surface area contributed by atoms with Gasteiger partial charge in [-0.15, -0.1) is 0 Å². The van der Waals surface area contributed by atoms with Crippen molar-refractivity contribution in [1.82, 2.24) is 4.98 Å². The summed E-state index contributed by atoms with van der Waals surface area (Å²) in [5.74, 6) is 0.00392. The van der Waals surface area contributed by atoms with E-state index in [0.29, 0.717) is 17.0 Å². The first-order valence-corrected chi connectivity index (χ1v) is 8.32. The minimum Gasteiger partial charge on any atom is -0.494 e. The molecule has 0 bridgehead atoms. The maximum absolute atomic E-state index is 11.1. The van der Waals surface area contributed by atoms with Gasteiger partial charge in [0, 0.05) is 28.6 Å². The Labute approximate surface area is 154 Å². The van der Waals surface area contributed by atoms with Crippen LogP contribution in [0.2, 0.25) is 0 Å². The van der Waals surface area contributed by atoms with Crippen LogP contribution in [0, 0.1) is 10.1 Å². The number of nitro groups is 1. The fourth-order valence-corrected chi connectivity index (χ4v) is 3.03. The molecule has 6 heteroatoms. The van der Waals surface area contributed by atoms with Gasteiger partial charge in [0.1, 0.15) is 0 Å². The van der Waals surface area contributed by atoms with Crippen molar-refractivity contribution in [2.24, 2.45) is 4.99 Å². The van der Waals surface area contributed by atoms with Gasteiger partial charge in [0.2, 0.25) is 0 Å². The summed E-state index contributed by atoms with van der Waals surface area (Å²) in [5.41, 5.74) is 3.07. The number of aliphatic imine (C=N–C) groups is 1. The summed E-state index contributed by atoms with van der Waals surface area (Å²) in [6.07, 6.45) is 0. The number of aromatic hydroxyl groups is 1. The summed E-state index contributed by atoms with van der Waals surface area (Å²) >= 11 is 0. The first kappa shape index (κ1) is 16.5. The largest absolute Gasteiger partial charge is 0.494 e. The number of nitrogens with zero attached hydrogens (tertiary/aromatic N) is 2. The van der Waals surface area contributed by atoms with E-state index in [1.165, 1.54) is 12.1 Å². The van der Waals surface area contributed by atoms with Crippen LogP contribution in [0.1, 0.15) is 11.1 Å². The van der Waals surface area contributed by atoms with E-state index in [1.807, 2.05) is 54.6 Å². The van der Waals surface area contributed by atoms with E-state index >= 15 is 0 Å². The lowest BCUT2D eigenvalue weighted by molar-refractivity contribution is -0.384. The van der Waals surface area contributed by atoms with Gasteiger partial charge in [-0.05, 0) is 12.1 Å². The second kappa shape index (κ2) is 6.76. The fourth-order valence-electron chi connectivity index (χ4n) is 3.03. The Bertz CT molecular complexity index is 1160. The molecule has 0 radical (unpaired) electrons. The molecule has 0 aliphatic rings. The number of nitro benzene ring substituents is 1. The molecule has 0 unspecified atom stereocenters. The molecule has 4 aromatic rings. The highest BCUT2D eigenvalue weighted by Crippen LogP contribution is 2.31. The zero-order valence-corrected chi connectivity index (χ0v) is 14.2. The lowest BCUT2D eigenvalue weighted by Gasteiger charge is -2.07. The molecule has 0 aliphatic heterocycles. The zero-order chi connectivity index (χ0) is 18.8. The number of H-pyrrole nitrogens is 1. The molecular formula is C21H15N3O3. The normalized spacial score (nSPS) is 11.6. The van der Waals surface area contributed by atoms with E-state index in [4.69, 9.17) is 0 Å². The van der Waals surface area contributed by atoms with Crippen LogP contribution < -0.4 is 0 Å². The molecule has 1 aromatic heterocycles. The highest BCUT2D eigenvalue weighted by molar-refractivity contribution is 6.21. The number of hydrogen-bond donors (Lipinski definition) is 2. The Morgan fingerprint density at radius 1 is 0.963 bits per heavy atom. The van der Waals surface area contributed by atoms with Gasteiger partial charge in [-0.2, -0.15) is 0 Å². The van der Waals surface area contributed by atoms with Crippen LogP contribution in [0.15, 0.2) is 83.9 Å². The zero-order valence-electron chi connectivity index (χ0n) is 14.2. The number of para-hydroxylation sites is 1. The van der Waals surface area contributed by atoms with Gasteiger partial charge in [-0.25, -0.2) is 4.99 Å². The predicted octanol–water partition coefficient (Wildman–Crippen LogP) is 4.95. The van der Waals surface area contributed by atoms with Crippen LogP contribution in [-0.4, -0.2) is 20.7 Å². The van der Waals surface area contributed by atoms with Crippen molar-refractivity contribution < 1.29 is 10.0 Å². The van der Waals surface area contributed by atoms with E-state index in [-0.39, 0.29) is 11.6 Å². The topological polar surface area (TPSA) is 91.5 Å². The van der Waals surface area contributed by atoms with Crippen LogP contribution in [0.5, 0.6) is 5.88 Å². The average Bonchev–Trinajstić information content (AvgIpc) is 3.02. The lowest BCUT2D eigenvalue weighted by atomic mass is 10.0. The molecule has 4 rings (SSSR count). The van der Waals surface area contributed by atoms with Gasteiger partial charge < -0.3 is 10.1 Å². The van der Waals surface area contributed by atoms with Crippen LogP contribution in [0.25, 0.3) is 10.9 Å². The summed E-state index contributed by atoms with van der Waals surface area (Å²) in [6, 6.07) is 23.1. The van der Waals surface area contributed by atoms with Crippen LogP contribution >= 0.6 is 0 Å². The monoisotopic (exact) mass is 357 g/mol. The molecule has 0 aliphatic carbocycles. The fraction of sp³-hybridized carbons (Fsp3) is 0. The molecule has 0 atom stereocenters. The molecule has 132 valence electrons. The smallest absolute Gasteiger partial charge is 0.271 e. The van der Waals surface area contributed by atoms with Gasteiger partial charge in [0.25, 0.3) is 5.69 Å². The third kappa shape index (κ3) is 3.16. The molecule has 0 saturated carbocycles. The number of hydrogen-bond acceptors (Lipinski definition) is 4. The van der Waals surface area contributed by atoms with Gasteiger partial charge in [0.15, 0.2) is 5.88 Å². The predicted molar refractivity (Wildman–Crippen MR) is 105 cm³/mol. The molecule has 0 amide bonds. The third-order valence-corrected chi connectivity index (χ3v) is 4.25. The minimum atomic E-state index is -0.454. The second-order valence-electron chi connectivity index (χ2n) is 6.00. The molecule has 2 N–H and O–H groups in total. The van der Waals surface area contributed by atoms with E-state index in [2.05, 4.69) is 9.98 Å². The molecular weight excluding hydrogens is 342 g/mol. The summed E-state index contributed by atoms with van der Waals surface area (Å²) in [7, 11) is 0. The van der Waals surface area contributed by atoms with Crippen LogP contribution in [0.4, 0.5) is 11.4 Å². The van der Waals surface area contributed by atoms with E-state index < -0.39 is 4.92 Å². The molecule has 0 spiro atoms. The second-order valence-corrected chi connectivity index (χ2v) is 6.00. The van der Waals surface area contributed by atoms with Crippen LogP contribution in [0.3, 0.4) is 0 Å². The van der Waals surface area contributed by atoms with Gasteiger partial charge in [-0.1, -0.05) is 54.6 Å². The number of fused-ring (bicyclic) bond motifs is 1. The summed E-state index contributed by atoms with van der Waals surface area (Å²) in [5, 5.41) is 22.4. The number of nitrogens with one attached hydrogen (secondary N) is 1. The Hall–Kier alpha value is -3.93. The molecule has 3 aromatic carbocycles. The number of aromatic nitrogens is 1. The Balaban J connectivity index is 1.97. The highest BCUT2D eigenvalue weighted by atomic mass is 16.6. The number of rotatable bonds is 4. The van der Waals surface area contributed by atoms with Gasteiger partial charge >= 0.3 is 0 Å². The van der Waals surface area contributed by atoms with Crippen molar-refractivity contribution >= 4 is 28.0 Å². The maximum Gasteiger partial charge on any atom is 0.271 e. The van der Waals surface area contributed by atoms with Crippen molar-refractivity contribution in [1.29, 1.82) is 0 Å². The number of non-ortho nitro benzene ring substituents is 1. The van der Waals surface area contributed by atoms with Crippen molar-refractivity contribution in [2.75, 3.05) is 0 Å². The van der Waals surface area contributed by atoms with E-state index in [0.717, 1.165) is 16.5 Å². The maximum atomic E-state index is 11.1. The van der Waals surface area contributed by atoms with Gasteiger partial charge in [-0.3, -0.25) is 10.1 Å². The Morgan fingerprint density at radius 2 is 1.70 bits per heavy atom. The quantitative estimate of drug-likeness (QED) is 0.307. The Morgan fingerprint density at radius 3 is 2.48 bits per heavy atom. The molecule has 27 heavy (non-hydrogen) atoms. The summed E-state index contributed by atoms with van der Waals surface area (Å²) in [4.78, 5) is 18.2. The molecule has 0 fully saturated rings. The van der Waals surface area contributed by atoms with Crippen molar-refractivity contribution in [2.45, 2.75) is 0 Å². The van der Waals surface area contributed by atoms with Gasteiger partial charge in [0.05, 0.1) is 21.9 Å². The molecule has 0 saturated heterocycles. The standard InChI is InChI=1S/C21H15N3O3/c25-21-19(17-11-4-5-12-18(17)23-21)20(14-7-2-1-3-8-14)22-15-9-6-10-16(13-15)24(26)27/h1-13,23,25H. The molecule has 6 nitrogen and oxygen atoms in total.